The molecule has 20 heteroatoms. The number of allylic oxidation sites excluding steroid dienone is 5. The van der Waals surface area contributed by atoms with Gasteiger partial charge in [-0.25, -0.2) is 4.98 Å². The van der Waals surface area contributed by atoms with Crippen molar-refractivity contribution in [1.82, 2.24) is 35.1 Å². The van der Waals surface area contributed by atoms with Crippen LogP contribution in [0.5, 0.6) is 0 Å². The van der Waals surface area contributed by atoms with Gasteiger partial charge in [-0.05, 0) is 59.8 Å². The van der Waals surface area contributed by atoms with Gasteiger partial charge in [0.25, 0.3) is 0 Å². The van der Waals surface area contributed by atoms with Crippen molar-refractivity contribution in [3.8, 4) is 0 Å². The molecule has 0 bridgehead atoms. The number of rotatable bonds is 0. The Hall–Kier alpha value is -9.33. The third-order valence-electron chi connectivity index (χ3n) is 6.39. The summed E-state index contributed by atoms with van der Waals surface area (Å²) in [7, 11) is 0. The molecule has 0 unspecified atom stereocenters. The van der Waals surface area contributed by atoms with Gasteiger partial charge in [-0.3, -0.25) is 49.9 Å². The number of pyridine rings is 3. The fourth-order valence-corrected chi connectivity index (χ4v) is 3.50. The first-order valence-electron chi connectivity index (χ1n) is 21.2. The second-order valence-electron chi connectivity index (χ2n) is 11.7. The maximum absolute atomic E-state index is 4.22. The average molecular weight is 928 g/mol. The van der Waals surface area contributed by atoms with Crippen LogP contribution in [0.25, 0.3) is 0 Å². The number of nitrogens with zero attached hydrogens (tertiary/aromatic N) is 19. The van der Waals surface area contributed by atoms with Crippen LogP contribution in [0.1, 0.15) is 25.7 Å². The van der Waals surface area contributed by atoms with Crippen LogP contribution in [0, 0.1) is 0 Å². The molecule has 0 spiro atoms. The fourth-order valence-electron chi connectivity index (χ4n) is 3.50. The second-order valence-corrected chi connectivity index (χ2v) is 11.7. The molecule has 5 aromatic rings. The Kier molecular flexibility index (Phi) is 45.8. The van der Waals surface area contributed by atoms with Crippen LogP contribution in [0.4, 0.5) is 0 Å². The zero-order valence-corrected chi connectivity index (χ0v) is 38.2. The molecule has 0 atom stereocenters. The van der Waals surface area contributed by atoms with Crippen LogP contribution < -0.4 is 0 Å². The van der Waals surface area contributed by atoms with Crippen LogP contribution in [0.15, 0.2) is 268 Å². The number of aromatic nitrogens is 7. The van der Waals surface area contributed by atoms with Crippen molar-refractivity contribution < 1.29 is 4.52 Å². The molecule has 0 saturated carbocycles. The maximum Gasteiger partial charge on any atom is 0.213 e. The topological polar surface area (TPSA) is 252 Å². The summed E-state index contributed by atoms with van der Waals surface area (Å²) in [6, 6.07) is 17.1. The van der Waals surface area contributed by atoms with E-state index in [0.29, 0.717) is 6.54 Å². The molecule has 0 fully saturated rings. The molecule has 13 rings (SSSR count). The van der Waals surface area contributed by atoms with Crippen LogP contribution in [-0.2, 0) is 0 Å². The largest absolute Gasteiger partial charge is 0.343 e. The van der Waals surface area contributed by atoms with Crippen molar-refractivity contribution in [2.75, 3.05) is 26.2 Å². The first-order valence-corrected chi connectivity index (χ1v) is 21.2. The van der Waals surface area contributed by atoms with Gasteiger partial charge in [0, 0.05) is 156 Å². The third kappa shape index (κ3) is 52.9. The Morgan fingerprint density at radius 2 is 0.826 bits per heavy atom. The van der Waals surface area contributed by atoms with Gasteiger partial charge in [0.2, 0.25) is 6.39 Å². The predicted molar refractivity (Wildman–Crippen MR) is 279 cm³/mol. The second kappa shape index (κ2) is 54.8. The van der Waals surface area contributed by atoms with E-state index in [1.807, 2.05) is 122 Å². The van der Waals surface area contributed by atoms with E-state index in [4.69, 9.17) is 0 Å². The summed E-state index contributed by atoms with van der Waals surface area (Å²) in [5.41, 5.74) is 0. The summed E-state index contributed by atoms with van der Waals surface area (Å²) in [6.07, 6.45) is 61.0. The summed E-state index contributed by atoms with van der Waals surface area (Å²) >= 11 is 0. The molecule has 0 radical (unpaired) electrons. The summed E-state index contributed by atoms with van der Waals surface area (Å²) in [6.45, 7) is 3.22. The SMILES string of the molecule is C1=CCN=C1.C1=CCN=C1.C1=CN=CC1.C1=CN=CC1.C1=CN=CC1.C1=CN=NC1.C1=NN=CC1.C1=NN=NC1.c1ccncc1.c1ccncc1.c1ccncc1.c1cnccn1.c1ncon1. The monoisotopic (exact) mass is 927 g/mol. The van der Waals surface area contributed by atoms with Crippen molar-refractivity contribution in [3.63, 3.8) is 0 Å². The first-order chi connectivity index (χ1) is 34.5. The number of aliphatic imine (C=N–C) groups is 5. The Labute approximate surface area is 403 Å². The van der Waals surface area contributed by atoms with Crippen LogP contribution in [0.3, 0.4) is 0 Å². The Morgan fingerprint density at radius 1 is 0.348 bits per heavy atom. The minimum Gasteiger partial charge on any atom is -0.343 e. The van der Waals surface area contributed by atoms with Gasteiger partial charge in [-0.1, -0.05) is 53.7 Å². The minimum absolute atomic E-state index is 0.667. The molecule has 69 heavy (non-hydrogen) atoms. The van der Waals surface area contributed by atoms with Crippen LogP contribution in [0.2, 0.25) is 0 Å². The molecule has 0 aromatic carbocycles. The Bertz CT molecular complexity index is 1690. The normalized spacial score (nSPS) is 13.6. The third-order valence-corrected chi connectivity index (χ3v) is 6.39. The van der Waals surface area contributed by atoms with Gasteiger partial charge in [-0.15, -0.1) is 5.10 Å². The van der Waals surface area contributed by atoms with E-state index in [2.05, 4.69) is 100 Å². The minimum atomic E-state index is 0.667. The maximum atomic E-state index is 4.22. The van der Waals surface area contributed by atoms with Crippen molar-refractivity contribution in [2.45, 2.75) is 25.7 Å². The molecule has 8 aliphatic heterocycles. The summed E-state index contributed by atoms with van der Waals surface area (Å²) in [5.74, 6) is 0. The van der Waals surface area contributed by atoms with E-state index in [9.17, 15) is 0 Å². The van der Waals surface area contributed by atoms with Gasteiger partial charge >= 0.3 is 0 Å². The molecule has 354 valence electrons. The van der Waals surface area contributed by atoms with Crippen LogP contribution in [-0.4, -0.2) is 111 Å². The quantitative estimate of drug-likeness (QED) is 0.144. The van der Waals surface area contributed by atoms with Gasteiger partial charge in [0.15, 0.2) is 6.33 Å². The number of azo groups is 1. The highest BCUT2D eigenvalue weighted by atomic mass is 16.5. The molecule has 0 N–H and O–H groups in total. The highest BCUT2D eigenvalue weighted by molar-refractivity contribution is 5.82. The molecule has 0 saturated heterocycles. The van der Waals surface area contributed by atoms with Crippen molar-refractivity contribution in [2.24, 2.45) is 60.8 Å². The Morgan fingerprint density at radius 3 is 0.942 bits per heavy atom. The number of hydrogen-bond acceptors (Lipinski definition) is 20. The van der Waals surface area contributed by atoms with Gasteiger partial charge < -0.3 is 4.52 Å². The molecular weight excluding hydrogens is 871 g/mol. The standard InChI is InChI=1S/3C5H5N.C4H4N2.5C4H5N.2C3H4N2.C2H3N3.C2H2N2O/c3*1-2-4-6-5-3-1;1-2-6-4-3-5-1;8*1-2-4-5-3-1;1-3-2-5-4-1/h3*1-5H;1-4H;3*1,3-4H,2H2;2*1-3H,4H2;2-3H,1H2;1-2H,3H2;1H,2H2;1-2H. The lowest BCUT2D eigenvalue weighted by atomic mass is 10.5. The van der Waals surface area contributed by atoms with E-state index in [0.717, 1.165) is 45.3 Å². The molecule has 20 nitrogen and oxygen atoms in total. The lowest BCUT2D eigenvalue weighted by Gasteiger charge is -1.70. The van der Waals surface area contributed by atoms with Gasteiger partial charge in [0.1, 0.15) is 0 Å². The molecule has 5 aromatic heterocycles. The molecule has 0 aliphatic carbocycles. The van der Waals surface area contributed by atoms with Crippen molar-refractivity contribution in [3.05, 3.63) is 203 Å². The van der Waals surface area contributed by atoms with Crippen LogP contribution >= 0.6 is 0 Å². The molecule has 0 amide bonds. The lowest BCUT2D eigenvalue weighted by molar-refractivity contribution is 0.416. The highest BCUT2D eigenvalue weighted by Crippen LogP contribution is 1.89. The predicted octanol–water partition coefficient (Wildman–Crippen LogP) is 9.82. The van der Waals surface area contributed by atoms with Gasteiger partial charge in [0.05, 0.1) is 32.4 Å². The van der Waals surface area contributed by atoms with Crippen molar-refractivity contribution >= 4 is 49.7 Å². The molecule has 8 aliphatic rings. The lowest BCUT2D eigenvalue weighted by Crippen LogP contribution is -1.66. The summed E-state index contributed by atoms with van der Waals surface area (Å²) < 4.78 is 4.22. The Balaban J connectivity index is 0.000000374. The zero-order valence-electron chi connectivity index (χ0n) is 38.2. The average Bonchev–Trinajstić information content (AvgIpc) is 4.31. The number of hydrogen-bond donors (Lipinski definition) is 0. The van der Waals surface area contributed by atoms with E-state index >= 15 is 0 Å². The fraction of sp³-hybridized carbons (Fsp3) is 0.163. The van der Waals surface area contributed by atoms with E-state index in [1.165, 1.54) is 12.7 Å². The van der Waals surface area contributed by atoms with E-state index in [1.54, 1.807) is 118 Å². The summed E-state index contributed by atoms with van der Waals surface area (Å²) in [4.78, 5) is 41.3. The van der Waals surface area contributed by atoms with E-state index < -0.39 is 0 Å². The smallest absolute Gasteiger partial charge is 0.213 e. The summed E-state index contributed by atoms with van der Waals surface area (Å²) in [5, 5.41) is 27.6. The van der Waals surface area contributed by atoms with E-state index in [-0.39, 0.29) is 0 Å². The highest BCUT2D eigenvalue weighted by Gasteiger charge is 1.78. The zero-order chi connectivity index (χ0) is 48.8. The van der Waals surface area contributed by atoms with Gasteiger partial charge in [-0.2, -0.15) is 25.5 Å². The molecular formula is C49H57N19O. The first kappa shape index (κ1) is 57.7. The van der Waals surface area contributed by atoms with Crippen molar-refractivity contribution in [1.29, 1.82) is 0 Å². The molecule has 13 heterocycles.